The van der Waals surface area contributed by atoms with Crippen molar-refractivity contribution in [3.63, 3.8) is 0 Å². The third kappa shape index (κ3) is 6.63. The Morgan fingerprint density at radius 3 is 2.48 bits per heavy atom. The number of halogens is 1. The van der Waals surface area contributed by atoms with E-state index < -0.39 is 0 Å². The van der Waals surface area contributed by atoms with E-state index in [2.05, 4.69) is 39.3 Å². The Bertz CT molecular complexity index is 553. The molecule has 0 bridgehead atoms. The van der Waals surface area contributed by atoms with Gasteiger partial charge in [-0.05, 0) is 37.6 Å². The third-order valence-electron chi connectivity index (χ3n) is 4.62. The molecule has 0 unspecified atom stereocenters. The highest BCUT2D eigenvalue weighted by Gasteiger charge is 2.14. The van der Waals surface area contributed by atoms with Gasteiger partial charge >= 0.3 is 0 Å². The van der Waals surface area contributed by atoms with Crippen molar-refractivity contribution in [3.05, 3.63) is 35.1 Å². The van der Waals surface area contributed by atoms with Crippen LogP contribution in [-0.2, 0) is 6.54 Å². The first kappa shape index (κ1) is 19.7. The molecule has 2 rings (SSSR count). The van der Waals surface area contributed by atoms with Crippen molar-refractivity contribution in [3.8, 4) is 0 Å². The van der Waals surface area contributed by atoms with Crippen LogP contribution in [0.4, 0.5) is 4.39 Å². The first-order valence-corrected chi connectivity index (χ1v) is 9.34. The van der Waals surface area contributed by atoms with E-state index in [1.165, 1.54) is 6.07 Å². The molecule has 1 aromatic rings. The van der Waals surface area contributed by atoms with Crippen LogP contribution in [0.15, 0.2) is 23.2 Å². The number of aryl methyl sites for hydroxylation is 1. The molecule has 0 aromatic heterocycles. The van der Waals surface area contributed by atoms with E-state index in [0.29, 0.717) is 12.1 Å². The molecule has 0 saturated carbocycles. The number of hydrogen-bond donors (Lipinski definition) is 2. The predicted octanol–water partition coefficient (Wildman–Crippen LogP) is 1.83. The fourth-order valence-electron chi connectivity index (χ4n) is 2.98. The minimum atomic E-state index is -0.166. The van der Waals surface area contributed by atoms with Crippen molar-refractivity contribution >= 4 is 5.96 Å². The Morgan fingerprint density at radius 1 is 1.12 bits per heavy atom. The van der Waals surface area contributed by atoms with Crippen molar-refractivity contribution in [2.24, 2.45) is 4.99 Å². The highest BCUT2D eigenvalue weighted by atomic mass is 19.1. The Balaban J connectivity index is 1.78. The summed E-state index contributed by atoms with van der Waals surface area (Å²) in [5, 5.41) is 6.67. The van der Waals surface area contributed by atoms with Gasteiger partial charge in [0.15, 0.2) is 5.96 Å². The molecular weight excluding hydrogens is 317 g/mol. The molecule has 0 aliphatic carbocycles. The molecule has 5 nitrogen and oxygen atoms in total. The SMILES string of the molecule is CCNC(=NCc1ccc(F)c(C)c1)NCCN1CCN(CC)CC1. The fraction of sp³-hybridized carbons (Fsp3) is 0.632. The molecule has 0 spiro atoms. The highest BCUT2D eigenvalue weighted by molar-refractivity contribution is 5.79. The topological polar surface area (TPSA) is 42.9 Å². The summed E-state index contributed by atoms with van der Waals surface area (Å²) in [6, 6.07) is 5.16. The number of benzene rings is 1. The van der Waals surface area contributed by atoms with Gasteiger partial charge in [0.1, 0.15) is 5.82 Å². The van der Waals surface area contributed by atoms with Gasteiger partial charge in [-0.25, -0.2) is 9.38 Å². The van der Waals surface area contributed by atoms with Crippen molar-refractivity contribution in [2.75, 3.05) is 52.4 Å². The van der Waals surface area contributed by atoms with Crippen LogP contribution in [0.25, 0.3) is 0 Å². The van der Waals surface area contributed by atoms with E-state index in [9.17, 15) is 4.39 Å². The van der Waals surface area contributed by atoms with Crippen molar-refractivity contribution in [2.45, 2.75) is 27.3 Å². The summed E-state index contributed by atoms with van der Waals surface area (Å²) >= 11 is 0. The van der Waals surface area contributed by atoms with Crippen LogP contribution in [0.1, 0.15) is 25.0 Å². The number of hydrogen-bond acceptors (Lipinski definition) is 3. The first-order valence-electron chi connectivity index (χ1n) is 9.34. The zero-order valence-corrected chi connectivity index (χ0v) is 15.8. The Kier molecular flexibility index (Phi) is 8.15. The number of aliphatic imine (C=N–C) groups is 1. The van der Waals surface area contributed by atoms with Crippen molar-refractivity contribution in [1.82, 2.24) is 20.4 Å². The number of guanidine groups is 1. The van der Waals surface area contributed by atoms with Gasteiger partial charge in [0.2, 0.25) is 0 Å². The van der Waals surface area contributed by atoms with E-state index in [0.717, 1.165) is 63.9 Å². The molecule has 1 saturated heterocycles. The zero-order valence-electron chi connectivity index (χ0n) is 15.8. The van der Waals surface area contributed by atoms with Crippen LogP contribution >= 0.6 is 0 Å². The molecule has 0 atom stereocenters. The molecule has 0 amide bonds. The quantitative estimate of drug-likeness (QED) is 0.582. The van der Waals surface area contributed by atoms with E-state index in [4.69, 9.17) is 0 Å². The minimum Gasteiger partial charge on any atom is -0.357 e. The summed E-state index contributed by atoms with van der Waals surface area (Å²) in [5.41, 5.74) is 1.68. The third-order valence-corrected chi connectivity index (χ3v) is 4.62. The maximum Gasteiger partial charge on any atom is 0.191 e. The first-order chi connectivity index (χ1) is 12.1. The molecular formula is C19H32FN5. The minimum absolute atomic E-state index is 0.166. The molecule has 1 aliphatic rings. The molecule has 2 N–H and O–H groups in total. The number of piperazine rings is 1. The Labute approximate surface area is 151 Å². The second kappa shape index (κ2) is 10.4. The molecule has 1 aromatic carbocycles. The van der Waals surface area contributed by atoms with Crippen LogP contribution in [0.3, 0.4) is 0 Å². The van der Waals surface area contributed by atoms with Gasteiger partial charge in [0.05, 0.1) is 6.54 Å². The van der Waals surface area contributed by atoms with Gasteiger partial charge in [-0.2, -0.15) is 0 Å². The summed E-state index contributed by atoms with van der Waals surface area (Å²) in [6.07, 6.45) is 0. The second-order valence-electron chi connectivity index (χ2n) is 6.48. The summed E-state index contributed by atoms with van der Waals surface area (Å²) in [6.45, 7) is 15.1. The van der Waals surface area contributed by atoms with Gasteiger partial charge in [-0.1, -0.05) is 19.1 Å². The largest absolute Gasteiger partial charge is 0.357 e. The van der Waals surface area contributed by atoms with Gasteiger partial charge in [0.25, 0.3) is 0 Å². The lowest BCUT2D eigenvalue weighted by Crippen LogP contribution is -2.49. The van der Waals surface area contributed by atoms with Crippen LogP contribution in [-0.4, -0.2) is 68.1 Å². The summed E-state index contributed by atoms with van der Waals surface area (Å²) in [4.78, 5) is 9.59. The number of rotatable bonds is 7. The maximum atomic E-state index is 13.3. The van der Waals surface area contributed by atoms with Crippen LogP contribution in [0.5, 0.6) is 0 Å². The normalized spacial score (nSPS) is 16.9. The average molecular weight is 349 g/mol. The van der Waals surface area contributed by atoms with Gasteiger partial charge in [0, 0.05) is 45.8 Å². The van der Waals surface area contributed by atoms with E-state index in [1.54, 1.807) is 13.0 Å². The van der Waals surface area contributed by atoms with Gasteiger partial charge in [-0.15, -0.1) is 0 Å². The van der Waals surface area contributed by atoms with Crippen molar-refractivity contribution < 1.29 is 4.39 Å². The fourth-order valence-corrected chi connectivity index (χ4v) is 2.98. The molecule has 0 radical (unpaired) electrons. The molecule has 6 heteroatoms. The smallest absolute Gasteiger partial charge is 0.191 e. The molecule has 25 heavy (non-hydrogen) atoms. The van der Waals surface area contributed by atoms with E-state index >= 15 is 0 Å². The predicted molar refractivity (Wildman–Crippen MR) is 103 cm³/mol. The number of nitrogens with one attached hydrogen (secondary N) is 2. The highest BCUT2D eigenvalue weighted by Crippen LogP contribution is 2.10. The second-order valence-corrected chi connectivity index (χ2v) is 6.48. The summed E-state index contributed by atoms with van der Waals surface area (Å²) in [7, 11) is 0. The van der Waals surface area contributed by atoms with Crippen LogP contribution < -0.4 is 10.6 Å². The van der Waals surface area contributed by atoms with Gasteiger partial charge in [-0.3, -0.25) is 4.90 Å². The average Bonchev–Trinajstić information content (AvgIpc) is 2.63. The summed E-state index contributed by atoms with van der Waals surface area (Å²) in [5.74, 6) is 0.651. The maximum absolute atomic E-state index is 13.3. The van der Waals surface area contributed by atoms with E-state index in [-0.39, 0.29) is 5.82 Å². The molecule has 140 valence electrons. The molecule has 1 fully saturated rings. The lowest BCUT2D eigenvalue weighted by molar-refractivity contribution is 0.139. The lowest BCUT2D eigenvalue weighted by atomic mass is 10.1. The van der Waals surface area contributed by atoms with Crippen LogP contribution in [0, 0.1) is 12.7 Å². The Hall–Kier alpha value is -1.66. The lowest BCUT2D eigenvalue weighted by Gasteiger charge is -2.34. The van der Waals surface area contributed by atoms with Crippen LogP contribution in [0.2, 0.25) is 0 Å². The Morgan fingerprint density at radius 2 is 1.84 bits per heavy atom. The summed E-state index contributed by atoms with van der Waals surface area (Å²) < 4.78 is 13.3. The van der Waals surface area contributed by atoms with Gasteiger partial charge < -0.3 is 15.5 Å². The van der Waals surface area contributed by atoms with Crippen molar-refractivity contribution in [1.29, 1.82) is 0 Å². The molecule has 1 heterocycles. The number of likely N-dealkylation sites (N-methyl/N-ethyl adjacent to an activating group) is 1. The van der Waals surface area contributed by atoms with E-state index in [1.807, 2.05) is 6.07 Å². The zero-order chi connectivity index (χ0) is 18.1. The number of nitrogens with zero attached hydrogens (tertiary/aromatic N) is 3. The molecule has 1 aliphatic heterocycles. The monoisotopic (exact) mass is 349 g/mol. The standard InChI is InChI=1S/C19H32FN5/c1-4-21-19(23-15-17-6-7-18(20)16(3)14-17)22-8-9-25-12-10-24(5-2)11-13-25/h6-7,14H,4-5,8-13,15H2,1-3H3,(H2,21,22,23).